The number of carbonyl (C=O) groups excluding carboxylic acids is 1. The smallest absolute Gasteiger partial charge is 0.307 e. The van der Waals surface area contributed by atoms with Gasteiger partial charge in [0.15, 0.2) is 6.61 Å². The van der Waals surface area contributed by atoms with Crippen molar-refractivity contribution < 1.29 is 23.6 Å². The van der Waals surface area contributed by atoms with Gasteiger partial charge in [0.25, 0.3) is 5.91 Å². The molecule has 2 rings (SSSR count). The number of fused-ring (bicyclic) bond motifs is 1. The molecule has 102 valence electrons. The number of rotatable bonds is 4. The summed E-state index contributed by atoms with van der Waals surface area (Å²) in [5, 5.41) is 10.7. The first-order valence-corrected chi connectivity index (χ1v) is 5.44. The van der Waals surface area contributed by atoms with E-state index in [0.29, 0.717) is 0 Å². The molecule has 0 saturated carbocycles. The number of ether oxygens (including phenoxy) is 2. The molecule has 1 aromatic carbocycles. The zero-order chi connectivity index (χ0) is 14.0. The highest BCUT2D eigenvalue weighted by molar-refractivity contribution is 5.98. The Morgan fingerprint density at radius 1 is 1.58 bits per heavy atom. The topological polar surface area (TPSA) is 81.9 Å². The zero-order valence-corrected chi connectivity index (χ0v) is 10.1. The van der Waals surface area contributed by atoms with Crippen LogP contribution in [0.1, 0.15) is 0 Å². The Kier molecular flexibility index (Phi) is 3.61. The molecule has 0 bridgehead atoms. The number of nitrogens with zero attached hydrogens (tertiary/aromatic N) is 2. The van der Waals surface area contributed by atoms with E-state index in [0.717, 1.165) is 12.1 Å². The maximum atomic E-state index is 13.5. The summed E-state index contributed by atoms with van der Waals surface area (Å²) >= 11 is 0. The summed E-state index contributed by atoms with van der Waals surface area (Å²) in [6.07, 6.45) is 0. The van der Waals surface area contributed by atoms with Crippen molar-refractivity contribution in [3.63, 3.8) is 0 Å². The average molecular weight is 270 g/mol. The van der Waals surface area contributed by atoms with Gasteiger partial charge in [-0.05, 0) is 0 Å². The number of nitro groups is 1. The molecule has 1 aliphatic rings. The lowest BCUT2D eigenvalue weighted by atomic mass is 10.2. The lowest BCUT2D eigenvalue weighted by molar-refractivity contribution is -0.387. The van der Waals surface area contributed by atoms with Crippen LogP contribution in [0.5, 0.6) is 5.75 Å². The van der Waals surface area contributed by atoms with E-state index in [1.54, 1.807) is 0 Å². The molecule has 0 radical (unpaired) electrons. The number of hydrogen-bond acceptors (Lipinski definition) is 5. The summed E-state index contributed by atoms with van der Waals surface area (Å²) in [5.41, 5.74) is -0.513. The van der Waals surface area contributed by atoms with Gasteiger partial charge in [-0.25, -0.2) is 0 Å². The van der Waals surface area contributed by atoms with Gasteiger partial charge in [0.1, 0.15) is 5.75 Å². The Bertz CT molecular complexity index is 534. The lowest BCUT2D eigenvalue weighted by Crippen LogP contribution is -2.40. The number of hydrogen-bond donors (Lipinski definition) is 0. The number of carbonyl (C=O) groups is 1. The molecule has 0 saturated heterocycles. The molecule has 1 aliphatic heterocycles. The first kappa shape index (κ1) is 13.2. The van der Waals surface area contributed by atoms with Gasteiger partial charge in [0.05, 0.1) is 17.2 Å². The minimum absolute atomic E-state index is 0.110. The lowest BCUT2D eigenvalue weighted by Gasteiger charge is -2.28. The molecule has 7 nitrogen and oxygen atoms in total. The van der Waals surface area contributed by atoms with Crippen LogP contribution in [0, 0.1) is 15.9 Å². The first-order valence-electron chi connectivity index (χ1n) is 5.44. The number of halogens is 1. The highest BCUT2D eigenvalue weighted by Crippen LogP contribution is 2.36. The predicted molar refractivity (Wildman–Crippen MR) is 62.8 cm³/mol. The molecular formula is C11H11FN2O5. The third kappa shape index (κ3) is 2.48. The minimum atomic E-state index is -0.996. The second-order valence-corrected chi connectivity index (χ2v) is 3.86. The summed E-state index contributed by atoms with van der Waals surface area (Å²) in [6.45, 7) is 0.249. The van der Waals surface area contributed by atoms with Crippen molar-refractivity contribution in [1.82, 2.24) is 0 Å². The van der Waals surface area contributed by atoms with Gasteiger partial charge in [-0.2, -0.15) is 4.39 Å². The van der Waals surface area contributed by atoms with E-state index in [1.807, 2.05) is 0 Å². The SMILES string of the molecule is COCCN1C(=O)COc2cc(F)c([N+](=O)[O-])cc21. The third-order valence-electron chi connectivity index (χ3n) is 2.69. The Hall–Kier alpha value is -2.22. The number of benzene rings is 1. The Morgan fingerprint density at radius 3 is 2.95 bits per heavy atom. The fourth-order valence-corrected chi connectivity index (χ4v) is 1.78. The van der Waals surface area contributed by atoms with Crippen LogP contribution in [0.2, 0.25) is 0 Å². The molecule has 0 fully saturated rings. The normalized spacial score (nSPS) is 14.0. The van der Waals surface area contributed by atoms with Gasteiger partial charge in [0.2, 0.25) is 5.82 Å². The molecule has 1 heterocycles. The summed E-state index contributed by atoms with van der Waals surface area (Å²) in [6, 6.07) is 1.91. The van der Waals surface area contributed by atoms with Crippen molar-refractivity contribution in [3.8, 4) is 5.75 Å². The molecular weight excluding hydrogens is 259 g/mol. The number of amides is 1. The van der Waals surface area contributed by atoms with E-state index < -0.39 is 16.4 Å². The van der Waals surface area contributed by atoms with Crippen molar-refractivity contribution in [2.24, 2.45) is 0 Å². The van der Waals surface area contributed by atoms with Crippen LogP contribution in [-0.2, 0) is 9.53 Å². The Balaban J connectivity index is 2.44. The number of nitro benzene ring substituents is 1. The third-order valence-corrected chi connectivity index (χ3v) is 2.69. The van der Waals surface area contributed by atoms with Crippen LogP contribution in [0.3, 0.4) is 0 Å². The molecule has 0 atom stereocenters. The standard InChI is InChI=1S/C11H11FN2O5/c1-18-3-2-13-9-5-8(14(16)17)7(12)4-10(9)19-6-11(13)15/h4-5H,2-3,6H2,1H3. The molecule has 1 aromatic rings. The average Bonchev–Trinajstić information content (AvgIpc) is 2.37. The summed E-state index contributed by atoms with van der Waals surface area (Å²) in [5.74, 6) is -1.24. The van der Waals surface area contributed by atoms with Gasteiger partial charge in [-0.15, -0.1) is 0 Å². The number of methoxy groups -OCH3 is 1. The van der Waals surface area contributed by atoms with Crippen LogP contribution < -0.4 is 9.64 Å². The molecule has 19 heavy (non-hydrogen) atoms. The highest BCUT2D eigenvalue weighted by atomic mass is 19.1. The summed E-state index contributed by atoms with van der Waals surface area (Å²) in [4.78, 5) is 22.9. The van der Waals surface area contributed by atoms with E-state index in [9.17, 15) is 19.3 Å². The molecule has 0 unspecified atom stereocenters. The van der Waals surface area contributed by atoms with Crippen molar-refractivity contribution >= 4 is 17.3 Å². The van der Waals surface area contributed by atoms with Crippen molar-refractivity contribution in [3.05, 3.63) is 28.1 Å². The molecule has 0 aromatic heterocycles. The van der Waals surface area contributed by atoms with E-state index in [2.05, 4.69) is 0 Å². The Labute approximate surface area is 107 Å². The van der Waals surface area contributed by atoms with Crippen molar-refractivity contribution in [2.75, 3.05) is 31.8 Å². The second-order valence-electron chi connectivity index (χ2n) is 3.86. The quantitative estimate of drug-likeness (QED) is 0.604. The van der Waals surface area contributed by atoms with Gasteiger partial charge in [-0.3, -0.25) is 14.9 Å². The second kappa shape index (κ2) is 5.19. The summed E-state index contributed by atoms with van der Waals surface area (Å²) in [7, 11) is 1.47. The monoisotopic (exact) mass is 270 g/mol. The highest BCUT2D eigenvalue weighted by Gasteiger charge is 2.29. The zero-order valence-electron chi connectivity index (χ0n) is 10.1. The Morgan fingerprint density at radius 2 is 2.32 bits per heavy atom. The van der Waals surface area contributed by atoms with Crippen LogP contribution in [-0.4, -0.2) is 37.7 Å². The van der Waals surface area contributed by atoms with Crippen molar-refractivity contribution in [1.29, 1.82) is 0 Å². The summed E-state index contributed by atoms with van der Waals surface area (Å²) < 4.78 is 23.4. The number of anilines is 1. The molecule has 8 heteroatoms. The minimum Gasteiger partial charge on any atom is -0.481 e. The van der Waals surface area contributed by atoms with Crippen LogP contribution in [0.4, 0.5) is 15.8 Å². The predicted octanol–water partition coefficient (Wildman–Crippen LogP) is 1.11. The van der Waals surface area contributed by atoms with Gasteiger partial charge in [0, 0.05) is 25.8 Å². The van der Waals surface area contributed by atoms with E-state index in [4.69, 9.17) is 9.47 Å². The van der Waals surface area contributed by atoms with Crippen LogP contribution in [0.15, 0.2) is 12.1 Å². The maximum absolute atomic E-state index is 13.5. The van der Waals surface area contributed by atoms with Gasteiger partial charge < -0.3 is 14.4 Å². The molecule has 1 amide bonds. The fraction of sp³-hybridized carbons (Fsp3) is 0.364. The first-order chi connectivity index (χ1) is 9.04. The van der Waals surface area contributed by atoms with Crippen LogP contribution >= 0.6 is 0 Å². The fourth-order valence-electron chi connectivity index (χ4n) is 1.78. The largest absolute Gasteiger partial charge is 0.481 e. The maximum Gasteiger partial charge on any atom is 0.307 e. The van der Waals surface area contributed by atoms with E-state index >= 15 is 0 Å². The van der Waals surface area contributed by atoms with Crippen LogP contribution in [0.25, 0.3) is 0 Å². The van der Waals surface area contributed by atoms with E-state index in [-0.39, 0.29) is 37.1 Å². The van der Waals surface area contributed by atoms with Gasteiger partial charge >= 0.3 is 5.69 Å². The van der Waals surface area contributed by atoms with E-state index in [1.165, 1.54) is 12.0 Å². The molecule has 0 N–H and O–H groups in total. The molecule has 0 spiro atoms. The van der Waals surface area contributed by atoms with Gasteiger partial charge in [-0.1, -0.05) is 0 Å². The molecule has 0 aliphatic carbocycles. The van der Waals surface area contributed by atoms with Crippen molar-refractivity contribution in [2.45, 2.75) is 0 Å².